The van der Waals surface area contributed by atoms with Crippen molar-refractivity contribution in [2.24, 2.45) is 0 Å². The molecule has 0 radical (unpaired) electrons. The summed E-state index contributed by atoms with van der Waals surface area (Å²) in [4.78, 5) is 0. The first kappa shape index (κ1) is 15.6. The summed E-state index contributed by atoms with van der Waals surface area (Å²) < 4.78 is 37.5. The highest BCUT2D eigenvalue weighted by atomic mass is 19.4. The highest BCUT2D eigenvalue weighted by Crippen LogP contribution is 2.29. The molecule has 0 heterocycles. The van der Waals surface area contributed by atoms with E-state index in [4.69, 9.17) is 0 Å². The fraction of sp³-hybridized carbons (Fsp3) is 0.294. The number of hydrogen-bond donors (Lipinski definition) is 1. The molecule has 0 aromatic heterocycles. The Kier molecular flexibility index (Phi) is 4.68. The first-order valence-electron chi connectivity index (χ1n) is 6.83. The number of rotatable bonds is 4. The monoisotopic (exact) mass is 293 g/mol. The Morgan fingerprint density at radius 3 is 2.19 bits per heavy atom. The molecule has 2 aromatic carbocycles. The lowest BCUT2D eigenvalue weighted by Crippen LogP contribution is -2.19. The van der Waals surface area contributed by atoms with Crippen LogP contribution in [0.2, 0.25) is 0 Å². The van der Waals surface area contributed by atoms with E-state index in [2.05, 4.69) is 11.4 Å². The zero-order chi connectivity index (χ0) is 15.5. The van der Waals surface area contributed by atoms with Crippen LogP contribution < -0.4 is 5.32 Å². The van der Waals surface area contributed by atoms with Gasteiger partial charge in [-0.1, -0.05) is 36.4 Å². The Labute approximate surface area is 122 Å². The van der Waals surface area contributed by atoms with Crippen LogP contribution in [0, 0.1) is 6.92 Å². The highest BCUT2D eigenvalue weighted by Gasteiger charge is 2.29. The zero-order valence-electron chi connectivity index (χ0n) is 12.0. The maximum absolute atomic E-state index is 12.5. The molecule has 0 bridgehead atoms. The van der Waals surface area contributed by atoms with Crippen molar-refractivity contribution < 1.29 is 13.2 Å². The van der Waals surface area contributed by atoms with Crippen molar-refractivity contribution in [2.75, 3.05) is 0 Å². The van der Waals surface area contributed by atoms with Crippen LogP contribution in [0.1, 0.15) is 35.2 Å². The van der Waals surface area contributed by atoms with Crippen LogP contribution in [0.3, 0.4) is 0 Å². The molecule has 0 aliphatic carbocycles. The lowest BCUT2D eigenvalue weighted by molar-refractivity contribution is -0.137. The zero-order valence-corrected chi connectivity index (χ0v) is 12.0. The number of alkyl halides is 3. The summed E-state index contributed by atoms with van der Waals surface area (Å²) in [6, 6.07) is 13.5. The lowest BCUT2D eigenvalue weighted by atomic mass is 10.0. The van der Waals surface area contributed by atoms with Gasteiger partial charge in [0.15, 0.2) is 0 Å². The molecule has 4 heteroatoms. The largest absolute Gasteiger partial charge is 0.416 e. The summed E-state index contributed by atoms with van der Waals surface area (Å²) in [6.07, 6.45) is -4.28. The van der Waals surface area contributed by atoms with Crippen LogP contribution in [0.25, 0.3) is 0 Å². The minimum atomic E-state index is -4.28. The van der Waals surface area contributed by atoms with Crippen molar-refractivity contribution in [3.8, 4) is 0 Å². The summed E-state index contributed by atoms with van der Waals surface area (Å²) in [7, 11) is 0. The van der Waals surface area contributed by atoms with Gasteiger partial charge in [0.25, 0.3) is 0 Å². The predicted molar refractivity (Wildman–Crippen MR) is 77.9 cm³/mol. The summed E-state index contributed by atoms with van der Waals surface area (Å²) in [6.45, 7) is 4.63. The Bertz CT molecular complexity index is 588. The van der Waals surface area contributed by atoms with Crippen LogP contribution in [0.5, 0.6) is 0 Å². The second-order valence-electron chi connectivity index (χ2n) is 5.15. The molecule has 0 amide bonds. The summed E-state index contributed by atoms with van der Waals surface area (Å²) in [5.74, 6) is 0. The molecule has 0 fully saturated rings. The number of nitrogens with one attached hydrogen (secondary N) is 1. The normalized spacial score (nSPS) is 13.2. The van der Waals surface area contributed by atoms with E-state index in [1.165, 1.54) is 23.3 Å². The maximum atomic E-state index is 12.5. The van der Waals surface area contributed by atoms with Gasteiger partial charge in [0.1, 0.15) is 0 Å². The van der Waals surface area contributed by atoms with Crippen molar-refractivity contribution in [2.45, 2.75) is 32.6 Å². The van der Waals surface area contributed by atoms with E-state index in [9.17, 15) is 13.2 Å². The van der Waals surface area contributed by atoms with Crippen molar-refractivity contribution in [3.05, 3.63) is 70.8 Å². The molecule has 0 saturated heterocycles. The standard InChI is InChI=1S/C17H18F3N/c1-12-5-3-4-6-16(12)13(2)21-11-14-7-9-15(10-8-14)17(18,19)20/h3-10,13,21H,11H2,1-2H3/t13-/m0/s1. The average molecular weight is 293 g/mol. The Hall–Kier alpha value is -1.81. The smallest absolute Gasteiger partial charge is 0.306 e. The molecule has 0 aliphatic heterocycles. The molecule has 21 heavy (non-hydrogen) atoms. The minimum absolute atomic E-state index is 0.147. The summed E-state index contributed by atoms with van der Waals surface area (Å²) >= 11 is 0. The van der Waals surface area contributed by atoms with Crippen molar-refractivity contribution in [3.63, 3.8) is 0 Å². The fourth-order valence-electron chi connectivity index (χ4n) is 2.27. The fourth-order valence-corrected chi connectivity index (χ4v) is 2.27. The molecule has 2 aromatic rings. The SMILES string of the molecule is Cc1ccccc1[C@H](C)NCc1ccc(C(F)(F)F)cc1. The van der Waals surface area contributed by atoms with Crippen molar-refractivity contribution in [1.29, 1.82) is 0 Å². The van der Waals surface area contributed by atoms with Gasteiger partial charge in [-0.15, -0.1) is 0 Å². The van der Waals surface area contributed by atoms with Crippen molar-refractivity contribution in [1.82, 2.24) is 5.32 Å². The third-order valence-electron chi connectivity index (χ3n) is 3.55. The van der Waals surface area contributed by atoms with Gasteiger partial charge in [0.2, 0.25) is 0 Å². The van der Waals surface area contributed by atoms with E-state index in [0.29, 0.717) is 6.54 Å². The molecular weight excluding hydrogens is 275 g/mol. The summed E-state index contributed by atoms with van der Waals surface area (Å²) in [5, 5.41) is 3.33. The van der Waals surface area contributed by atoms with Gasteiger partial charge < -0.3 is 5.32 Å². The quantitative estimate of drug-likeness (QED) is 0.848. The van der Waals surface area contributed by atoms with E-state index in [-0.39, 0.29) is 6.04 Å². The Morgan fingerprint density at radius 2 is 1.62 bits per heavy atom. The van der Waals surface area contributed by atoms with Crippen LogP contribution in [0.15, 0.2) is 48.5 Å². The van der Waals surface area contributed by atoms with E-state index < -0.39 is 11.7 Å². The molecule has 2 rings (SSSR count). The predicted octanol–water partition coefficient (Wildman–Crippen LogP) is 4.86. The van der Waals surface area contributed by atoms with Gasteiger partial charge >= 0.3 is 6.18 Å². The molecule has 0 saturated carbocycles. The Morgan fingerprint density at radius 1 is 1.00 bits per heavy atom. The topological polar surface area (TPSA) is 12.0 Å². The van der Waals surface area contributed by atoms with Gasteiger partial charge in [-0.3, -0.25) is 0 Å². The van der Waals surface area contributed by atoms with E-state index in [1.54, 1.807) is 0 Å². The lowest BCUT2D eigenvalue weighted by Gasteiger charge is -2.17. The molecule has 0 unspecified atom stereocenters. The first-order chi connectivity index (χ1) is 9.88. The van der Waals surface area contributed by atoms with Crippen molar-refractivity contribution >= 4 is 0 Å². The van der Waals surface area contributed by atoms with Gasteiger partial charge in [0.05, 0.1) is 5.56 Å². The second kappa shape index (κ2) is 6.31. The van der Waals surface area contributed by atoms with Crippen LogP contribution in [-0.4, -0.2) is 0 Å². The molecule has 1 atom stereocenters. The molecule has 0 aliphatic rings. The van der Waals surface area contributed by atoms with Gasteiger partial charge in [-0.05, 0) is 42.7 Å². The highest BCUT2D eigenvalue weighted by molar-refractivity contribution is 5.29. The van der Waals surface area contributed by atoms with Crippen LogP contribution >= 0.6 is 0 Å². The van der Waals surface area contributed by atoms with Crippen LogP contribution in [0.4, 0.5) is 13.2 Å². The van der Waals surface area contributed by atoms with E-state index in [0.717, 1.165) is 17.7 Å². The minimum Gasteiger partial charge on any atom is -0.306 e. The van der Waals surface area contributed by atoms with Gasteiger partial charge in [-0.25, -0.2) is 0 Å². The molecule has 1 nitrogen and oxygen atoms in total. The Balaban J connectivity index is 1.99. The first-order valence-corrected chi connectivity index (χ1v) is 6.83. The number of benzene rings is 2. The summed E-state index contributed by atoms with van der Waals surface area (Å²) in [5.41, 5.74) is 2.62. The number of halogens is 3. The van der Waals surface area contributed by atoms with Gasteiger partial charge in [-0.2, -0.15) is 13.2 Å². The third-order valence-corrected chi connectivity index (χ3v) is 3.55. The molecule has 0 spiro atoms. The van der Waals surface area contributed by atoms with E-state index in [1.807, 2.05) is 32.0 Å². The number of hydrogen-bond acceptors (Lipinski definition) is 1. The molecule has 112 valence electrons. The van der Waals surface area contributed by atoms with Crippen LogP contribution in [-0.2, 0) is 12.7 Å². The number of aryl methyl sites for hydroxylation is 1. The van der Waals surface area contributed by atoms with Gasteiger partial charge in [0, 0.05) is 12.6 Å². The molecule has 1 N–H and O–H groups in total. The average Bonchev–Trinajstić information content (AvgIpc) is 2.45. The van der Waals surface area contributed by atoms with E-state index >= 15 is 0 Å². The molecular formula is C17H18F3N. The third kappa shape index (κ3) is 4.08. The second-order valence-corrected chi connectivity index (χ2v) is 5.15. The maximum Gasteiger partial charge on any atom is 0.416 e.